The van der Waals surface area contributed by atoms with Gasteiger partial charge in [-0.1, -0.05) is 25.1 Å². The maximum absolute atomic E-state index is 12.0. The van der Waals surface area contributed by atoms with Gasteiger partial charge in [-0.2, -0.15) is 0 Å². The Kier molecular flexibility index (Phi) is 7.54. The number of hydrogen-bond donors (Lipinski definition) is 2. The number of hydrogen-bond acceptors (Lipinski definition) is 4. The van der Waals surface area contributed by atoms with E-state index in [1.807, 2.05) is 39.0 Å². The Bertz CT molecular complexity index is 684. The summed E-state index contributed by atoms with van der Waals surface area (Å²) >= 11 is 0. The molecule has 0 aliphatic carbocycles. The van der Waals surface area contributed by atoms with Gasteiger partial charge in [-0.25, -0.2) is 4.79 Å². The molecule has 2 N–H and O–H groups in total. The van der Waals surface area contributed by atoms with Crippen LogP contribution >= 0.6 is 0 Å². The van der Waals surface area contributed by atoms with Crippen molar-refractivity contribution >= 4 is 12.1 Å². The minimum atomic E-state index is -0.491. The van der Waals surface area contributed by atoms with Crippen LogP contribution in [0, 0.1) is 0 Å². The van der Waals surface area contributed by atoms with Gasteiger partial charge in [0, 0.05) is 32.6 Å². The molecule has 1 aromatic rings. The highest BCUT2D eigenvalue weighted by atomic mass is 16.6. The van der Waals surface area contributed by atoms with E-state index in [0.717, 1.165) is 31.2 Å². The van der Waals surface area contributed by atoms with Crippen LogP contribution in [0.25, 0.3) is 0 Å². The van der Waals surface area contributed by atoms with Crippen LogP contribution in [0.2, 0.25) is 0 Å². The van der Waals surface area contributed by atoms with E-state index >= 15 is 0 Å². The zero-order chi connectivity index (χ0) is 20.7. The first-order valence-corrected chi connectivity index (χ1v) is 9.81. The lowest BCUT2D eigenvalue weighted by Crippen LogP contribution is -2.44. The third-order valence-corrected chi connectivity index (χ3v) is 4.66. The highest BCUT2D eigenvalue weighted by Crippen LogP contribution is 2.25. The van der Waals surface area contributed by atoms with Crippen molar-refractivity contribution in [2.24, 2.45) is 4.99 Å². The number of alkyl carbamates (subject to hydrolysis) is 1. The molecule has 2 unspecified atom stereocenters. The van der Waals surface area contributed by atoms with Crippen molar-refractivity contribution in [1.82, 2.24) is 15.5 Å². The summed E-state index contributed by atoms with van der Waals surface area (Å²) in [4.78, 5) is 18.6. The molecule has 0 saturated carbocycles. The zero-order valence-electron chi connectivity index (χ0n) is 17.9. The van der Waals surface area contributed by atoms with Gasteiger partial charge < -0.3 is 25.0 Å². The van der Waals surface area contributed by atoms with E-state index in [-0.39, 0.29) is 18.1 Å². The predicted molar refractivity (Wildman–Crippen MR) is 112 cm³/mol. The van der Waals surface area contributed by atoms with Gasteiger partial charge in [-0.05, 0) is 38.8 Å². The van der Waals surface area contributed by atoms with Gasteiger partial charge >= 0.3 is 6.09 Å². The molecule has 2 atom stereocenters. The predicted octanol–water partition coefficient (Wildman–Crippen LogP) is 2.97. The number of ether oxygens (including phenoxy) is 2. The fourth-order valence-electron chi connectivity index (χ4n) is 3.30. The second-order valence-electron chi connectivity index (χ2n) is 8.15. The molecule has 1 fully saturated rings. The molecule has 2 rings (SSSR count). The van der Waals surface area contributed by atoms with Crippen molar-refractivity contribution < 1.29 is 14.3 Å². The molecule has 156 valence electrons. The van der Waals surface area contributed by atoms with Crippen LogP contribution in [0.5, 0.6) is 5.75 Å². The van der Waals surface area contributed by atoms with E-state index in [1.54, 1.807) is 14.2 Å². The van der Waals surface area contributed by atoms with Gasteiger partial charge in [0.1, 0.15) is 11.4 Å². The first-order valence-electron chi connectivity index (χ1n) is 9.81. The van der Waals surface area contributed by atoms with Crippen molar-refractivity contribution in [2.75, 3.05) is 33.8 Å². The van der Waals surface area contributed by atoms with Crippen molar-refractivity contribution in [3.8, 4) is 5.75 Å². The highest BCUT2D eigenvalue weighted by Gasteiger charge is 2.28. The molecular weight excluding hydrogens is 356 g/mol. The largest absolute Gasteiger partial charge is 0.496 e. The molecule has 1 heterocycles. The smallest absolute Gasteiger partial charge is 0.407 e. The standard InChI is InChI=1S/C21H34N4O3/c1-15(17-9-7-8-10-18(17)27-6)13-23-19(22-5)25-12-11-16(14-25)24-20(26)28-21(2,3)4/h7-10,15-16H,11-14H2,1-6H3,(H,22,23)(H,24,26). The van der Waals surface area contributed by atoms with Crippen molar-refractivity contribution in [3.05, 3.63) is 29.8 Å². The number of aliphatic imine (C=N–C) groups is 1. The molecule has 7 nitrogen and oxygen atoms in total. The summed E-state index contributed by atoms with van der Waals surface area (Å²) in [6.07, 6.45) is 0.495. The van der Waals surface area contributed by atoms with Gasteiger partial charge in [0.05, 0.1) is 13.2 Å². The van der Waals surface area contributed by atoms with Crippen LogP contribution in [0.15, 0.2) is 29.3 Å². The van der Waals surface area contributed by atoms with Crippen LogP contribution < -0.4 is 15.4 Å². The number of likely N-dealkylation sites (tertiary alicyclic amines) is 1. The summed E-state index contributed by atoms with van der Waals surface area (Å²) in [6.45, 7) is 10.0. The molecule has 7 heteroatoms. The Balaban J connectivity index is 1.86. The second-order valence-corrected chi connectivity index (χ2v) is 8.15. The van der Waals surface area contributed by atoms with Crippen LogP contribution in [0.3, 0.4) is 0 Å². The maximum atomic E-state index is 12.0. The SMILES string of the molecule is CN=C(NCC(C)c1ccccc1OC)N1CCC(NC(=O)OC(C)(C)C)C1. The number of carbonyl (C=O) groups is 1. The van der Waals surface area contributed by atoms with Crippen LogP contribution in [-0.4, -0.2) is 62.4 Å². The average Bonchev–Trinajstić information content (AvgIpc) is 3.08. The number of benzene rings is 1. The molecule has 28 heavy (non-hydrogen) atoms. The van der Waals surface area contributed by atoms with E-state index in [0.29, 0.717) is 6.54 Å². The number of guanidine groups is 1. The van der Waals surface area contributed by atoms with Crippen LogP contribution in [-0.2, 0) is 4.74 Å². The molecular formula is C21H34N4O3. The lowest BCUT2D eigenvalue weighted by atomic mass is 10.0. The van der Waals surface area contributed by atoms with E-state index in [4.69, 9.17) is 9.47 Å². The van der Waals surface area contributed by atoms with E-state index < -0.39 is 5.60 Å². The number of amides is 1. The normalized spacial score (nSPS) is 18.6. The molecule has 1 amide bonds. The zero-order valence-corrected chi connectivity index (χ0v) is 17.9. The lowest BCUT2D eigenvalue weighted by Gasteiger charge is -2.24. The summed E-state index contributed by atoms with van der Waals surface area (Å²) in [5, 5.41) is 6.40. The third kappa shape index (κ3) is 6.32. The number of rotatable bonds is 5. The summed E-state index contributed by atoms with van der Waals surface area (Å²) < 4.78 is 10.8. The first-order chi connectivity index (χ1) is 13.2. The van der Waals surface area contributed by atoms with Crippen LogP contribution in [0.4, 0.5) is 4.79 Å². The van der Waals surface area contributed by atoms with Crippen molar-refractivity contribution in [1.29, 1.82) is 0 Å². The van der Waals surface area contributed by atoms with Crippen LogP contribution in [0.1, 0.15) is 45.6 Å². The average molecular weight is 391 g/mol. The Hall–Kier alpha value is -2.44. The summed E-state index contributed by atoms with van der Waals surface area (Å²) in [6, 6.07) is 8.12. The van der Waals surface area contributed by atoms with Gasteiger partial charge in [0.15, 0.2) is 5.96 Å². The fraction of sp³-hybridized carbons (Fsp3) is 0.619. The number of methoxy groups -OCH3 is 1. The number of para-hydroxylation sites is 1. The Morgan fingerprint density at radius 1 is 1.36 bits per heavy atom. The molecule has 0 spiro atoms. The third-order valence-electron chi connectivity index (χ3n) is 4.66. The minimum absolute atomic E-state index is 0.0556. The highest BCUT2D eigenvalue weighted by molar-refractivity contribution is 5.80. The second kappa shape index (κ2) is 9.66. The fourth-order valence-corrected chi connectivity index (χ4v) is 3.30. The molecule has 1 aliphatic heterocycles. The van der Waals surface area contributed by atoms with Gasteiger partial charge in [-0.15, -0.1) is 0 Å². The Morgan fingerprint density at radius 2 is 2.07 bits per heavy atom. The topological polar surface area (TPSA) is 75.2 Å². The molecule has 1 aliphatic rings. The van der Waals surface area contributed by atoms with E-state index in [9.17, 15) is 4.79 Å². The first kappa shape index (κ1) is 21.9. The van der Waals surface area contributed by atoms with Crippen molar-refractivity contribution in [3.63, 3.8) is 0 Å². The van der Waals surface area contributed by atoms with Gasteiger partial charge in [0.2, 0.25) is 0 Å². The Labute approximate surface area is 168 Å². The maximum Gasteiger partial charge on any atom is 0.407 e. The molecule has 0 aromatic heterocycles. The molecule has 0 bridgehead atoms. The molecule has 0 radical (unpaired) electrons. The van der Waals surface area contributed by atoms with E-state index in [2.05, 4.69) is 33.5 Å². The lowest BCUT2D eigenvalue weighted by molar-refractivity contribution is 0.0507. The van der Waals surface area contributed by atoms with Crippen molar-refractivity contribution in [2.45, 2.75) is 51.7 Å². The molecule has 1 saturated heterocycles. The summed E-state index contributed by atoms with van der Waals surface area (Å²) in [5.41, 5.74) is 0.674. The number of nitrogens with one attached hydrogen (secondary N) is 2. The summed E-state index contributed by atoms with van der Waals surface area (Å²) in [7, 11) is 3.48. The molecule has 1 aromatic carbocycles. The quantitative estimate of drug-likeness (QED) is 0.597. The minimum Gasteiger partial charge on any atom is -0.496 e. The Morgan fingerprint density at radius 3 is 2.71 bits per heavy atom. The van der Waals surface area contributed by atoms with Gasteiger partial charge in [0.25, 0.3) is 0 Å². The summed E-state index contributed by atoms with van der Waals surface area (Å²) in [5.74, 6) is 2.01. The number of nitrogens with zero attached hydrogens (tertiary/aromatic N) is 2. The monoisotopic (exact) mass is 390 g/mol. The van der Waals surface area contributed by atoms with E-state index in [1.165, 1.54) is 5.56 Å². The number of carbonyl (C=O) groups excluding carboxylic acids is 1. The van der Waals surface area contributed by atoms with Gasteiger partial charge in [-0.3, -0.25) is 4.99 Å².